The molecule has 4 aromatic heterocycles. The predicted octanol–water partition coefficient (Wildman–Crippen LogP) is 5.25. The lowest BCUT2D eigenvalue weighted by Gasteiger charge is -2.32. The highest BCUT2D eigenvalue weighted by atomic mass is 32.2. The molecule has 11 heteroatoms. The number of nitrogens with zero attached hydrogens (tertiary/aromatic N) is 5. The zero-order valence-corrected chi connectivity index (χ0v) is 25.1. The highest BCUT2D eigenvalue weighted by Gasteiger charge is 2.25. The van der Waals surface area contributed by atoms with Crippen molar-refractivity contribution in [2.24, 2.45) is 0 Å². The molecule has 0 aliphatic carbocycles. The summed E-state index contributed by atoms with van der Waals surface area (Å²) in [4.78, 5) is 29.8. The van der Waals surface area contributed by atoms with Crippen LogP contribution in [0.25, 0.3) is 44.2 Å². The highest BCUT2D eigenvalue weighted by Crippen LogP contribution is 2.41. The van der Waals surface area contributed by atoms with Crippen LogP contribution in [0.3, 0.4) is 0 Å². The lowest BCUT2D eigenvalue weighted by Crippen LogP contribution is -2.47. The third-order valence-electron chi connectivity index (χ3n) is 8.32. The molecule has 0 bridgehead atoms. The van der Waals surface area contributed by atoms with E-state index in [1.54, 1.807) is 18.5 Å². The van der Waals surface area contributed by atoms with Crippen molar-refractivity contribution in [3.63, 3.8) is 0 Å². The van der Waals surface area contributed by atoms with Crippen LogP contribution in [-0.2, 0) is 10.0 Å². The van der Waals surface area contributed by atoms with E-state index >= 15 is 0 Å². The summed E-state index contributed by atoms with van der Waals surface area (Å²) in [6, 6.07) is 18.5. The summed E-state index contributed by atoms with van der Waals surface area (Å²) in [6.07, 6.45) is 7.88. The first kappa shape index (κ1) is 27.8. The number of hydrogen-bond acceptors (Lipinski definition) is 7. The topological polar surface area (TPSA) is 116 Å². The molecule has 222 valence electrons. The van der Waals surface area contributed by atoms with Crippen molar-refractivity contribution in [2.75, 3.05) is 44.6 Å². The molecule has 0 unspecified atom stereocenters. The minimum atomic E-state index is -3.82. The Kier molecular flexibility index (Phi) is 6.91. The van der Waals surface area contributed by atoms with E-state index in [1.165, 1.54) is 29.9 Å². The molecule has 1 amide bonds. The van der Waals surface area contributed by atoms with Crippen LogP contribution in [0.4, 0.5) is 5.69 Å². The molecule has 1 saturated heterocycles. The summed E-state index contributed by atoms with van der Waals surface area (Å²) < 4.78 is 32.8. The fourth-order valence-corrected chi connectivity index (χ4v) is 6.87. The van der Waals surface area contributed by atoms with E-state index in [2.05, 4.69) is 21.9 Å². The first-order valence-electron chi connectivity index (χ1n) is 14.3. The Hall–Kier alpha value is -5.00. The Morgan fingerprint density at radius 1 is 0.955 bits per heavy atom. The average Bonchev–Trinajstić information content (AvgIpc) is 3.73. The minimum absolute atomic E-state index is 0.0336. The van der Waals surface area contributed by atoms with E-state index in [4.69, 9.17) is 9.40 Å². The van der Waals surface area contributed by atoms with Crippen molar-refractivity contribution in [1.82, 2.24) is 24.8 Å². The molecule has 5 heterocycles. The normalized spacial score (nSPS) is 14.4. The Balaban J connectivity index is 1.35. The lowest BCUT2D eigenvalue weighted by atomic mass is 9.92. The summed E-state index contributed by atoms with van der Waals surface area (Å²) in [6.45, 7) is 3.15. The van der Waals surface area contributed by atoms with Gasteiger partial charge in [0.05, 0.1) is 12.0 Å². The first-order chi connectivity index (χ1) is 21.3. The van der Waals surface area contributed by atoms with Gasteiger partial charge in [-0.1, -0.05) is 12.1 Å². The minimum Gasteiger partial charge on any atom is -0.471 e. The van der Waals surface area contributed by atoms with Crippen LogP contribution in [0.2, 0.25) is 0 Å². The van der Waals surface area contributed by atoms with E-state index < -0.39 is 10.0 Å². The SMILES string of the molecule is CN1CCN(C(=O)c2ccc(-c3cnc4[nH]c5ccc(N(C)S(=O)(=O)c6ccoc6)cc5c4c3-c3ccncc3)cc2)CC1. The zero-order valence-electron chi connectivity index (χ0n) is 24.3. The molecule has 1 fully saturated rings. The van der Waals surface area contributed by atoms with Gasteiger partial charge in [-0.2, -0.15) is 0 Å². The summed E-state index contributed by atoms with van der Waals surface area (Å²) in [5.41, 5.74) is 6.30. The van der Waals surface area contributed by atoms with Crippen LogP contribution >= 0.6 is 0 Å². The Bertz CT molecular complexity index is 2080. The Morgan fingerprint density at radius 2 is 1.70 bits per heavy atom. The second-order valence-electron chi connectivity index (χ2n) is 11.0. The van der Waals surface area contributed by atoms with E-state index in [9.17, 15) is 13.2 Å². The number of fused-ring (bicyclic) bond motifs is 3. The Morgan fingerprint density at radius 3 is 2.41 bits per heavy atom. The standard InChI is InChI=1S/C33H30N6O4S/c1-37-14-16-39(17-15-37)33(40)24-5-3-22(4-6-24)28-20-35-32-31(30(28)23-9-12-34-13-10-23)27-19-25(7-8-29(27)36-32)38(2)44(41,42)26-11-18-43-21-26/h3-13,18-21H,14-17H2,1-2H3,(H,35,36). The number of amides is 1. The maximum Gasteiger partial charge on any atom is 0.267 e. The number of carbonyl (C=O) groups is 1. The van der Waals surface area contributed by atoms with Gasteiger partial charge in [0.15, 0.2) is 0 Å². The van der Waals surface area contributed by atoms with Crippen LogP contribution < -0.4 is 4.31 Å². The molecule has 1 aliphatic heterocycles. The number of benzene rings is 2. The largest absolute Gasteiger partial charge is 0.471 e. The van der Waals surface area contributed by atoms with Gasteiger partial charge in [0.1, 0.15) is 16.8 Å². The number of likely N-dealkylation sites (N-methyl/N-ethyl adjacent to an activating group) is 1. The number of nitrogens with one attached hydrogen (secondary N) is 1. The van der Waals surface area contributed by atoms with Gasteiger partial charge in [0.2, 0.25) is 0 Å². The quantitative estimate of drug-likeness (QED) is 0.275. The molecule has 7 rings (SSSR count). The third kappa shape index (κ3) is 4.80. The molecule has 2 aromatic carbocycles. The lowest BCUT2D eigenvalue weighted by molar-refractivity contribution is 0.0664. The highest BCUT2D eigenvalue weighted by molar-refractivity contribution is 7.92. The maximum absolute atomic E-state index is 13.3. The fourth-order valence-electron chi connectivity index (χ4n) is 5.76. The average molecular weight is 607 g/mol. The number of rotatable bonds is 6. The molecule has 0 atom stereocenters. The fraction of sp³-hybridized carbons (Fsp3) is 0.182. The second-order valence-corrected chi connectivity index (χ2v) is 12.9. The number of pyridine rings is 2. The van der Waals surface area contributed by atoms with Crippen molar-refractivity contribution in [3.05, 3.63) is 97.3 Å². The molecule has 1 N–H and O–H groups in total. The van der Waals surface area contributed by atoms with Crippen LogP contribution in [-0.4, -0.2) is 79.4 Å². The Labute approximate surface area is 254 Å². The second kappa shape index (κ2) is 10.9. The molecule has 1 aliphatic rings. The summed E-state index contributed by atoms with van der Waals surface area (Å²) >= 11 is 0. The first-order valence-corrected chi connectivity index (χ1v) is 15.7. The number of hydrogen-bond donors (Lipinski definition) is 1. The molecular formula is C33H30N6O4S. The number of H-pyrrole nitrogens is 1. The number of anilines is 1. The van der Waals surface area contributed by atoms with E-state index in [1.807, 2.05) is 59.6 Å². The molecule has 10 nitrogen and oxygen atoms in total. The van der Waals surface area contributed by atoms with Crippen molar-refractivity contribution < 1.29 is 17.6 Å². The van der Waals surface area contributed by atoms with Gasteiger partial charge in [-0.25, -0.2) is 13.4 Å². The molecular weight excluding hydrogens is 576 g/mol. The molecule has 0 spiro atoms. The number of furan rings is 1. The van der Waals surface area contributed by atoms with Gasteiger partial charge in [0.25, 0.3) is 15.9 Å². The number of carbonyl (C=O) groups excluding carboxylic acids is 1. The zero-order chi connectivity index (χ0) is 30.4. The van der Waals surface area contributed by atoms with Crippen molar-refractivity contribution >= 4 is 43.6 Å². The number of sulfonamides is 1. The molecule has 0 radical (unpaired) electrons. The number of aromatic amines is 1. The number of aromatic nitrogens is 3. The van der Waals surface area contributed by atoms with Gasteiger partial charge in [0, 0.05) is 84.8 Å². The van der Waals surface area contributed by atoms with E-state index in [0.29, 0.717) is 30.0 Å². The third-order valence-corrected chi connectivity index (χ3v) is 10.1. The maximum atomic E-state index is 13.3. The van der Waals surface area contributed by atoms with Gasteiger partial charge >= 0.3 is 0 Å². The van der Waals surface area contributed by atoms with Crippen LogP contribution in [0.15, 0.2) is 101 Å². The van der Waals surface area contributed by atoms with Gasteiger partial charge in [-0.15, -0.1) is 0 Å². The van der Waals surface area contributed by atoms with E-state index in [0.717, 1.165) is 51.6 Å². The summed E-state index contributed by atoms with van der Waals surface area (Å²) in [5.74, 6) is 0.0336. The van der Waals surface area contributed by atoms with Gasteiger partial charge in [-0.3, -0.25) is 14.1 Å². The molecule has 0 saturated carbocycles. The summed E-state index contributed by atoms with van der Waals surface area (Å²) in [5, 5.41) is 1.69. The molecule has 44 heavy (non-hydrogen) atoms. The smallest absolute Gasteiger partial charge is 0.267 e. The molecule has 6 aromatic rings. The van der Waals surface area contributed by atoms with Crippen LogP contribution in [0.1, 0.15) is 10.4 Å². The van der Waals surface area contributed by atoms with Gasteiger partial charge in [-0.05, 0) is 66.7 Å². The monoisotopic (exact) mass is 606 g/mol. The van der Waals surface area contributed by atoms with Crippen molar-refractivity contribution in [1.29, 1.82) is 0 Å². The summed E-state index contributed by atoms with van der Waals surface area (Å²) in [7, 11) is -0.225. The predicted molar refractivity (Wildman–Crippen MR) is 170 cm³/mol. The van der Waals surface area contributed by atoms with Crippen LogP contribution in [0.5, 0.6) is 0 Å². The number of piperazine rings is 1. The van der Waals surface area contributed by atoms with Crippen LogP contribution in [0, 0.1) is 0 Å². The van der Waals surface area contributed by atoms with Gasteiger partial charge < -0.3 is 19.2 Å². The van der Waals surface area contributed by atoms with Crippen molar-refractivity contribution in [3.8, 4) is 22.3 Å². The van der Waals surface area contributed by atoms with E-state index in [-0.39, 0.29) is 10.8 Å². The van der Waals surface area contributed by atoms with Crippen molar-refractivity contribution in [2.45, 2.75) is 4.90 Å².